The maximum Gasteiger partial charge on any atom is 0.262 e. The van der Waals surface area contributed by atoms with Gasteiger partial charge in [-0.15, -0.1) is 0 Å². The van der Waals surface area contributed by atoms with Gasteiger partial charge < -0.3 is 15.4 Å². The van der Waals surface area contributed by atoms with E-state index < -0.39 is 5.91 Å². The van der Waals surface area contributed by atoms with Crippen LogP contribution in [0.5, 0.6) is 5.75 Å². The summed E-state index contributed by atoms with van der Waals surface area (Å²) in [6.45, 7) is 1.60. The molecule has 0 bridgehead atoms. The Morgan fingerprint density at radius 1 is 0.844 bits per heavy atom. The van der Waals surface area contributed by atoms with Crippen LogP contribution in [-0.2, 0) is 4.79 Å². The number of rotatable bonds is 6. The first kappa shape index (κ1) is 21.1. The molecule has 32 heavy (non-hydrogen) atoms. The van der Waals surface area contributed by atoms with Crippen LogP contribution in [-0.4, -0.2) is 18.4 Å². The Labute approximate surface area is 184 Å². The number of anilines is 2. The predicted molar refractivity (Wildman–Crippen MR) is 124 cm³/mol. The number of nitrogens with one attached hydrogen (secondary N) is 2. The molecule has 0 aliphatic heterocycles. The van der Waals surface area contributed by atoms with Crippen molar-refractivity contribution in [2.24, 2.45) is 0 Å². The summed E-state index contributed by atoms with van der Waals surface area (Å²) in [4.78, 5) is 25.4. The summed E-state index contributed by atoms with van der Waals surface area (Å²) in [5, 5.41) is 7.31. The predicted octanol–water partition coefficient (Wildman–Crippen LogP) is 5.56. The molecule has 0 heterocycles. The quantitative estimate of drug-likeness (QED) is 0.423. The normalized spacial score (nSPS) is 10.6. The second kappa shape index (κ2) is 9.31. The van der Waals surface area contributed by atoms with Crippen molar-refractivity contribution in [3.05, 3.63) is 102 Å². The van der Waals surface area contributed by atoms with Gasteiger partial charge in [0.2, 0.25) is 0 Å². The number of halogens is 1. The van der Waals surface area contributed by atoms with Gasteiger partial charge in [0.15, 0.2) is 6.61 Å². The smallest absolute Gasteiger partial charge is 0.262 e. The van der Waals surface area contributed by atoms with Gasteiger partial charge in [-0.25, -0.2) is 4.39 Å². The van der Waals surface area contributed by atoms with Gasteiger partial charge in [0.1, 0.15) is 11.6 Å². The summed E-state index contributed by atoms with van der Waals surface area (Å²) in [5.41, 5.74) is 2.41. The van der Waals surface area contributed by atoms with Crippen molar-refractivity contribution in [2.45, 2.75) is 6.92 Å². The van der Waals surface area contributed by atoms with E-state index in [0.717, 1.165) is 16.3 Å². The average Bonchev–Trinajstić information content (AvgIpc) is 2.80. The minimum atomic E-state index is -0.421. The summed E-state index contributed by atoms with van der Waals surface area (Å²) in [7, 11) is 0. The van der Waals surface area contributed by atoms with Crippen LogP contribution >= 0.6 is 0 Å². The Hall–Kier alpha value is -4.19. The monoisotopic (exact) mass is 428 g/mol. The van der Waals surface area contributed by atoms with E-state index in [4.69, 9.17) is 4.74 Å². The van der Waals surface area contributed by atoms with E-state index in [9.17, 15) is 14.0 Å². The van der Waals surface area contributed by atoms with E-state index in [2.05, 4.69) is 10.6 Å². The number of hydrogen-bond acceptors (Lipinski definition) is 3. The average molecular weight is 428 g/mol. The molecule has 4 aromatic rings. The largest absolute Gasteiger partial charge is 0.483 e. The molecule has 0 saturated carbocycles. The SMILES string of the molecule is Cc1ccccc1NC(=O)c1cc2ccccc2cc1OCC(=O)Nc1ccc(F)cc1. The fraction of sp³-hybridized carbons (Fsp3) is 0.0769. The Bertz CT molecular complexity index is 1290. The first-order valence-corrected chi connectivity index (χ1v) is 10.1. The molecule has 0 atom stereocenters. The summed E-state index contributed by atoms with van der Waals surface area (Å²) in [5.74, 6) is -0.849. The third-order valence-corrected chi connectivity index (χ3v) is 4.97. The molecule has 0 aliphatic rings. The topological polar surface area (TPSA) is 67.4 Å². The lowest BCUT2D eigenvalue weighted by Crippen LogP contribution is -2.21. The molecule has 0 radical (unpaired) electrons. The fourth-order valence-corrected chi connectivity index (χ4v) is 3.29. The Morgan fingerprint density at radius 3 is 2.22 bits per heavy atom. The molecule has 4 aromatic carbocycles. The molecule has 0 fully saturated rings. The van der Waals surface area contributed by atoms with E-state index in [0.29, 0.717) is 22.7 Å². The van der Waals surface area contributed by atoms with E-state index in [1.54, 1.807) is 12.1 Å². The molecule has 0 aliphatic carbocycles. The summed E-state index contributed by atoms with van der Waals surface area (Å²) >= 11 is 0. The number of para-hydroxylation sites is 1. The first-order valence-electron chi connectivity index (χ1n) is 10.1. The highest BCUT2D eigenvalue weighted by atomic mass is 19.1. The lowest BCUT2D eigenvalue weighted by Gasteiger charge is -2.14. The van der Waals surface area contributed by atoms with Gasteiger partial charge in [-0.1, -0.05) is 42.5 Å². The van der Waals surface area contributed by atoms with Gasteiger partial charge in [-0.3, -0.25) is 9.59 Å². The molecular formula is C26H21FN2O3. The zero-order chi connectivity index (χ0) is 22.5. The van der Waals surface area contributed by atoms with Crippen molar-refractivity contribution in [3.63, 3.8) is 0 Å². The van der Waals surface area contributed by atoms with E-state index in [-0.39, 0.29) is 18.3 Å². The van der Waals surface area contributed by atoms with Crippen LogP contribution in [0, 0.1) is 12.7 Å². The molecule has 0 unspecified atom stereocenters. The second-order valence-corrected chi connectivity index (χ2v) is 7.31. The molecule has 6 heteroatoms. The van der Waals surface area contributed by atoms with Gasteiger partial charge >= 0.3 is 0 Å². The van der Waals surface area contributed by atoms with Crippen molar-refractivity contribution in [2.75, 3.05) is 17.2 Å². The summed E-state index contributed by atoms with van der Waals surface area (Å²) in [6, 6.07) is 24.0. The van der Waals surface area contributed by atoms with Gasteiger partial charge in [0.05, 0.1) is 5.56 Å². The highest BCUT2D eigenvalue weighted by molar-refractivity contribution is 6.09. The number of carbonyl (C=O) groups excluding carboxylic acids is 2. The maximum absolute atomic E-state index is 13.1. The van der Waals surface area contributed by atoms with E-state index in [1.165, 1.54) is 24.3 Å². The first-order chi connectivity index (χ1) is 15.5. The molecule has 160 valence electrons. The Balaban J connectivity index is 1.56. The standard InChI is InChI=1S/C26H21FN2O3/c1-17-6-2-5-9-23(17)29-26(31)22-14-18-7-3-4-8-19(18)15-24(22)32-16-25(30)28-21-12-10-20(27)11-13-21/h2-15H,16H2,1H3,(H,28,30)(H,29,31). The van der Waals surface area contributed by atoms with Crippen LogP contribution in [0.2, 0.25) is 0 Å². The Morgan fingerprint density at radius 2 is 1.50 bits per heavy atom. The molecule has 0 spiro atoms. The molecule has 0 aromatic heterocycles. The number of hydrogen-bond donors (Lipinski definition) is 2. The molecule has 5 nitrogen and oxygen atoms in total. The molecule has 2 amide bonds. The van der Waals surface area contributed by atoms with Crippen molar-refractivity contribution in [1.29, 1.82) is 0 Å². The zero-order valence-electron chi connectivity index (χ0n) is 17.4. The van der Waals surface area contributed by atoms with E-state index in [1.807, 2.05) is 55.5 Å². The number of amides is 2. The minimum absolute atomic E-state index is 0.295. The second-order valence-electron chi connectivity index (χ2n) is 7.31. The number of ether oxygens (including phenoxy) is 1. The van der Waals surface area contributed by atoms with Crippen LogP contribution in [0.1, 0.15) is 15.9 Å². The van der Waals surface area contributed by atoms with E-state index >= 15 is 0 Å². The molecule has 4 rings (SSSR count). The Kier molecular flexibility index (Phi) is 6.12. The van der Waals surface area contributed by atoms with Crippen LogP contribution in [0.3, 0.4) is 0 Å². The van der Waals surface area contributed by atoms with Gasteiger partial charge in [-0.2, -0.15) is 0 Å². The van der Waals surface area contributed by atoms with Crippen molar-refractivity contribution in [1.82, 2.24) is 0 Å². The van der Waals surface area contributed by atoms with Gasteiger partial charge in [0, 0.05) is 11.4 Å². The molecular weight excluding hydrogens is 407 g/mol. The summed E-state index contributed by atoms with van der Waals surface area (Å²) in [6.07, 6.45) is 0. The highest BCUT2D eigenvalue weighted by Gasteiger charge is 2.16. The highest BCUT2D eigenvalue weighted by Crippen LogP contribution is 2.27. The van der Waals surface area contributed by atoms with Gasteiger partial charge in [0.25, 0.3) is 11.8 Å². The molecule has 0 saturated heterocycles. The van der Waals surface area contributed by atoms with Crippen LogP contribution in [0.15, 0.2) is 84.9 Å². The van der Waals surface area contributed by atoms with Crippen LogP contribution < -0.4 is 15.4 Å². The van der Waals surface area contributed by atoms with Crippen LogP contribution in [0.4, 0.5) is 15.8 Å². The van der Waals surface area contributed by atoms with Crippen LogP contribution in [0.25, 0.3) is 10.8 Å². The lowest BCUT2D eigenvalue weighted by atomic mass is 10.0. The molecule has 2 N–H and O–H groups in total. The zero-order valence-corrected chi connectivity index (χ0v) is 17.4. The number of fused-ring (bicyclic) bond motifs is 1. The third-order valence-electron chi connectivity index (χ3n) is 4.97. The van der Waals surface area contributed by atoms with Gasteiger partial charge in [-0.05, 0) is 65.7 Å². The maximum atomic E-state index is 13.1. The fourth-order valence-electron chi connectivity index (χ4n) is 3.29. The lowest BCUT2D eigenvalue weighted by molar-refractivity contribution is -0.118. The van der Waals surface area contributed by atoms with Crippen molar-refractivity contribution in [3.8, 4) is 5.75 Å². The van der Waals surface area contributed by atoms with Crippen molar-refractivity contribution >= 4 is 34.0 Å². The summed E-state index contributed by atoms with van der Waals surface area (Å²) < 4.78 is 18.8. The number of carbonyl (C=O) groups is 2. The third kappa shape index (κ3) is 4.92. The minimum Gasteiger partial charge on any atom is -0.483 e. The van der Waals surface area contributed by atoms with Crippen molar-refractivity contribution < 1.29 is 18.7 Å². The number of aryl methyl sites for hydroxylation is 1. The number of benzene rings is 4.